The number of carbonyl (C=O) groups excluding carboxylic acids is 1. The smallest absolute Gasteiger partial charge is 0.410 e. The second-order valence-corrected chi connectivity index (χ2v) is 5.14. The number of nitrogens with zero attached hydrogens (tertiary/aromatic N) is 1. The third kappa shape index (κ3) is 3.96. The molecule has 0 spiro atoms. The van der Waals surface area contributed by atoms with Gasteiger partial charge in [-0.05, 0) is 24.6 Å². The third-order valence-electron chi connectivity index (χ3n) is 3.68. The number of amides is 1. The maximum Gasteiger partial charge on any atom is 0.410 e. The average molecular weight is 311 g/mol. The van der Waals surface area contributed by atoms with Crippen LogP contribution in [0.4, 0.5) is 13.6 Å². The third-order valence-corrected chi connectivity index (χ3v) is 3.68. The Hall–Kier alpha value is -2.11. The van der Waals surface area contributed by atoms with Crippen molar-refractivity contribution in [3.8, 4) is 5.75 Å². The Bertz CT molecular complexity index is 519. The van der Waals surface area contributed by atoms with Gasteiger partial charge in [-0.25, -0.2) is 4.79 Å². The Morgan fingerprint density at radius 1 is 1.45 bits per heavy atom. The zero-order valence-corrected chi connectivity index (χ0v) is 12.4. The van der Waals surface area contributed by atoms with Crippen molar-refractivity contribution >= 4 is 6.09 Å². The molecule has 0 saturated carbocycles. The number of carbonyl (C=O) groups is 1. The molecule has 1 aliphatic heterocycles. The first kappa shape index (κ1) is 16.3. The number of hydrogen-bond acceptors (Lipinski definition) is 3. The molecule has 1 aromatic rings. The molecule has 1 aliphatic rings. The fourth-order valence-corrected chi connectivity index (χ4v) is 2.45. The van der Waals surface area contributed by atoms with Gasteiger partial charge in [0.05, 0.1) is 6.04 Å². The fraction of sp³-hybridized carbons (Fsp3) is 0.438. The van der Waals surface area contributed by atoms with Crippen LogP contribution in [0, 0.1) is 0 Å². The van der Waals surface area contributed by atoms with Crippen molar-refractivity contribution in [1.29, 1.82) is 0 Å². The number of rotatable bonds is 6. The number of hydrogen-bond donors (Lipinski definition) is 0. The molecule has 0 aliphatic carbocycles. The molecule has 1 saturated heterocycles. The molecule has 1 fully saturated rings. The number of alkyl halides is 2. The summed E-state index contributed by atoms with van der Waals surface area (Å²) in [5, 5.41) is 0. The van der Waals surface area contributed by atoms with Gasteiger partial charge in [0, 0.05) is 19.4 Å². The van der Waals surface area contributed by atoms with Crippen molar-refractivity contribution in [1.82, 2.24) is 4.90 Å². The standard InChI is InChI=1S/C16H19F2NO3/c1-3-4-13-9-10-19(16(20)22-13)11(2)12-5-7-14(8-6-12)21-15(17)18/h3,5-8,11,13,15H,1,4,9-10H2,2H3. The summed E-state index contributed by atoms with van der Waals surface area (Å²) in [6.07, 6.45) is 2.65. The van der Waals surface area contributed by atoms with Crippen molar-refractivity contribution in [3.05, 3.63) is 42.5 Å². The van der Waals surface area contributed by atoms with Gasteiger partial charge in [-0.1, -0.05) is 18.2 Å². The molecule has 1 amide bonds. The second kappa shape index (κ2) is 7.24. The van der Waals surface area contributed by atoms with Crippen LogP contribution in [0.2, 0.25) is 0 Å². The zero-order valence-electron chi connectivity index (χ0n) is 12.4. The van der Waals surface area contributed by atoms with Gasteiger partial charge in [0.1, 0.15) is 11.9 Å². The molecule has 120 valence electrons. The largest absolute Gasteiger partial charge is 0.446 e. The highest BCUT2D eigenvalue weighted by Crippen LogP contribution is 2.27. The van der Waals surface area contributed by atoms with E-state index in [9.17, 15) is 13.6 Å². The normalized spacial score (nSPS) is 19.7. The lowest BCUT2D eigenvalue weighted by Gasteiger charge is -2.35. The predicted octanol–water partition coefficient (Wildman–Crippen LogP) is 4.14. The van der Waals surface area contributed by atoms with E-state index in [1.54, 1.807) is 23.1 Å². The van der Waals surface area contributed by atoms with Gasteiger partial charge >= 0.3 is 12.7 Å². The molecule has 2 unspecified atom stereocenters. The molecule has 1 heterocycles. The molecule has 0 bridgehead atoms. The minimum absolute atomic E-state index is 0.0956. The monoisotopic (exact) mass is 311 g/mol. The minimum Gasteiger partial charge on any atom is -0.446 e. The van der Waals surface area contributed by atoms with Crippen LogP contribution in [-0.2, 0) is 4.74 Å². The van der Waals surface area contributed by atoms with E-state index >= 15 is 0 Å². The van der Waals surface area contributed by atoms with E-state index in [2.05, 4.69) is 11.3 Å². The van der Waals surface area contributed by atoms with Crippen LogP contribution in [0.5, 0.6) is 5.75 Å². The Kier molecular flexibility index (Phi) is 5.35. The lowest BCUT2D eigenvalue weighted by atomic mass is 10.1. The van der Waals surface area contributed by atoms with Crippen molar-refractivity contribution in [2.45, 2.75) is 38.5 Å². The lowest BCUT2D eigenvalue weighted by Crippen LogP contribution is -2.43. The Balaban J connectivity index is 2.00. The Morgan fingerprint density at radius 3 is 2.68 bits per heavy atom. The summed E-state index contributed by atoms with van der Waals surface area (Å²) < 4.78 is 33.9. The van der Waals surface area contributed by atoms with Crippen molar-refractivity contribution in [3.63, 3.8) is 0 Å². The average Bonchev–Trinajstić information content (AvgIpc) is 2.47. The molecule has 2 atom stereocenters. The van der Waals surface area contributed by atoms with E-state index in [0.717, 1.165) is 12.0 Å². The molecule has 4 nitrogen and oxygen atoms in total. The number of benzene rings is 1. The first-order valence-corrected chi connectivity index (χ1v) is 7.14. The van der Waals surface area contributed by atoms with Crippen LogP contribution in [-0.4, -0.2) is 30.3 Å². The topological polar surface area (TPSA) is 38.8 Å². The maximum absolute atomic E-state index is 12.1. The lowest BCUT2D eigenvalue weighted by molar-refractivity contribution is -0.0498. The van der Waals surface area contributed by atoms with Gasteiger partial charge < -0.3 is 14.4 Å². The molecule has 6 heteroatoms. The molecule has 1 aromatic carbocycles. The van der Waals surface area contributed by atoms with E-state index in [4.69, 9.17) is 4.74 Å². The van der Waals surface area contributed by atoms with E-state index < -0.39 is 6.61 Å². The summed E-state index contributed by atoms with van der Waals surface area (Å²) >= 11 is 0. The molecule has 22 heavy (non-hydrogen) atoms. The van der Waals surface area contributed by atoms with Gasteiger partial charge in [-0.3, -0.25) is 0 Å². The van der Waals surface area contributed by atoms with E-state index in [0.29, 0.717) is 13.0 Å². The fourth-order valence-electron chi connectivity index (χ4n) is 2.45. The summed E-state index contributed by atoms with van der Waals surface area (Å²) in [7, 11) is 0. The molecule has 2 rings (SSSR count). The summed E-state index contributed by atoms with van der Waals surface area (Å²) in [6.45, 7) is 3.26. The summed E-state index contributed by atoms with van der Waals surface area (Å²) in [5.74, 6) is 0.0956. The van der Waals surface area contributed by atoms with E-state index in [1.165, 1.54) is 12.1 Å². The number of cyclic esters (lactones) is 1. The highest BCUT2D eigenvalue weighted by atomic mass is 19.3. The SMILES string of the molecule is C=CCC1CCN(C(C)c2ccc(OC(F)F)cc2)C(=O)O1. The van der Waals surface area contributed by atoms with Gasteiger partial charge in [0.15, 0.2) is 0 Å². The Morgan fingerprint density at radius 2 is 2.14 bits per heavy atom. The van der Waals surface area contributed by atoms with Crippen LogP contribution in [0.25, 0.3) is 0 Å². The second-order valence-electron chi connectivity index (χ2n) is 5.14. The highest BCUT2D eigenvalue weighted by Gasteiger charge is 2.30. The van der Waals surface area contributed by atoms with Crippen LogP contribution in [0.15, 0.2) is 36.9 Å². The molecular weight excluding hydrogens is 292 g/mol. The van der Waals surface area contributed by atoms with Crippen LogP contribution in [0.1, 0.15) is 31.4 Å². The highest BCUT2D eigenvalue weighted by molar-refractivity contribution is 5.69. The van der Waals surface area contributed by atoms with Gasteiger partial charge in [0.25, 0.3) is 0 Å². The summed E-state index contributed by atoms with van der Waals surface area (Å²) in [5.41, 5.74) is 0.834. The molecular formula is C16H19F2NO3. The Labute approximate surface area is 128 Å². The van der Waals surface area contributed by atoms with Crippen molar-refractivity contribution in [2.75, 3.05) is 6.54 Å². The first-order chi connectivity index (χ1) is 10.5. The van der Waals surface area contributed by atoms with Gasteiger partial charge in [-0.2, -0.15) is 8.78 Å². The van der Waals surface area contributed by atoms with E-state index in [-0.39, 0.29) is 24.0 Å². The zero-order chi connectivity index (χ0) is 16.1. The van der Waals surface area contributed by atoms with E-state index in [1.807, 2.05) is 6.92 Å². The number of halogens is 2. The van der Waals surface area contributed by atoms with Gasteiger partial charge in [-0.15, -0.1) is 6.58 Å². The molecule has 0 N–H and O–H groups in total. The van der Waals surface area contributed by atoms with Crippen LogP contribution in [0.3, 0.4) is 0 Å². The minimum atomic E-state index is -2.85. The summed E-state index contributed by atoms with van der Waals surface area (Å²) in [6, 6.07) is 6.08. The predicted molar refractivity (Wildman–Crippen MR) is 77.9 cm³/mol. The first-order valence-electron chi connectivity index (χ1n) is 7.14. The quantitative estimate of drug-likeness (QED) is 0.741. The number of ether oxygens (including phenoxy) is 2. The van der Waals surface area contributed by atoms with Crippen LogP contribution >= 0.6 is 0 Å². The maximum atomic E-state index is 12.1. The summed E-state index contributed by atoms with van der Waals surface area (Å²) in [4.78, 5) is 13.7. The van der Waals surface area contributed by atoms with Crippen LogP contribution < -0.4 is 4.74 Å². The van der Waals surface area contributed by atoms with Crippen molar-refractivity contribution < 1.29 is 23.0 Å². The van der Waals surface area contributed by atoms with Crippen molar-refractivity contribution in [2.24, 2.45) is 0 Å². The molecule has 0 radical (unpaired) electrons. The molecule has 0 aromatic heterocycles. The van der Waals surface area contributed by atoms with Gasteiger partial charge in [0.2, 0.25) is 0 Å².